The highest BCUT2D eigenvalue weighted by Crippen LogP contribution is 2.21. The van der Waals surface area contributed by atoms with Gasteiger partial charge in [0.05, 0.1) is 6.10 Å². The number of amides is 1. The van der Waals surface area contributed by atoms with Crippen molar-refractivity contribution in [1.82, 2.24) is 9.88 Å². The van der Waals surface area contributed by atoms with Crippen LogP contribution in [-0.4, -0.2) is 31.7 Å². The number of carbonyl (C=O) groups excluding carboxylic acids is 1. The lowest BCUT2D eigenvalue weighted by molar-refractivity contribution is -0.133. The minimum absolute atomic E-state index is 0.0292. The molecule has 0 spiro atoms. The molecule has 0 saturated heterocycles. The summed E-state index contributed by atoms with van der Waals surface area (Å²) >= 11 is 0. The number of nitrogens with one attached hydrogen (secondary N) is 1. The van der Waals surface area contributed by atoms with E-state index in [-0.39, 0.29) is 11.8 Å². The second-order valence-corrected chi connectivity index (χ2v) is 7.33. The summed E-state index contributed by atoms with van der Waals surface area (Å²) in [5.74, 6) is -1.04. The number of carbonyl (C=O) groups is 1. The fourth-order valence-corrected chi connectivity index (χ4v) is 3.59. The Balaban J connectivity index is 1.84. The molecule has 0 aliphatic heterocycles. The van der Waals surface area contributed by atoms with E-state index in [1.54, 1.807) is 6.92 Å². The van der Waals surface area contributed by atoms with Gasteiger partial charge in [0.1, 0.15) is 23.8 Å². The number of hydrogen-bond donors (Lipinski definition) is 1. The summed E-state index contributed by atoms with van der Waals surface area (Å²) < 4.78 is 36.1. The zero-order valence-corrected chi connectivity index (χ0v) is 13.5. The molecule has 0 bridgehead atoms. The van der Waals surface area contributed by atoms with E-state index in [1.807, 2.05) is 4.72 Å². The molecule has 124 valence electrons. The Labute approximate surface area is 130 Å². The monoisotopic (exact) mass is 330 g/mol. The van der Waals surface area contributed by atoms with Crippen molar-refractivity contribution in [2.24, 2.45) is 0 Å². The molecule has 1 saturated carbocycles. The molecule has 8 heteroatoms. The third kappa shape index (κ3) is 5.42. The van der Waals surface area contributed by atoms with Gasteiger partial charge in [0.2, 0.25) is 10.0 Å². The molecule has 1 fully saturated rings. The van der Waals surface area contributed by atoms with Gasteiger partial charge in [0.25, 0.3) is 5.91 Å². The summed E-state index contributed by atoms with van der Waals surface area (Å²) in [5, 5.41) is 3.52. The average Bonchev–Trinajstić information content (AvgIpc) is 2.80. The number of nitrogens with zero attached hydrogens (tertiary/aromatic N) is 1. The van der Waals surface area contributed by atoms with Crippen LogP contribution >= 0.6 is 0 Å². The number of aromatic nitrogens is 1. The lowest BCUT2D eigenvalue weighted by Crippen LogP contribution is -2.40. The molecule has 7 nitrogen and oxygen atoms in total. The first-order valence-electron chi connectivity index (χ1n) is 7.55. The maximum atomic E-state index is 12.0. The van der Waals surface area contributed by atoms with Crippen LogP contribution in [-0.2, 0) is 25.3 Å². The molecule has 1 N–H and O–H groups in total. The van der Waals surface area contributed by atoms with Gasteiger partial charge in [-0.3, -0.25) is 9.52 Å². The molecular weight excluding hydrogens is 308 g/mol. The topological polar surface area (TPSA) is 98.5 Å². The Kier molecular flexibility index (Phi) is 5.96. The number of hydrogen-bond acceptors (Lipinski definition) is 6. The van der Waals surface area contributed by atoms with Gasteiger partial charge in [0, 0.05) is 6.07 Å². The largest absolute Gasteiger partial charge is 0.365 e. The molecule has 1 aromatic rings. The van der Waals surface area contributed by atoms with E-state index in [2.05, 4.69) is 9.68 Å². The first-order valence-corrected chi connectivity index (χ1v) is 9.20. The number of ether oxygens (including phenoxy) is 1. The maximum absolute atomic E-state index is 12.0. The summed E-state index contributed by atoms with van der Waals surface area (Å²) in [6, 6.07) is 1.44. The van der Waals surface area contributed by atoms with Gasteiger partial charge >= 0.3 is 0 Å². The van der Waals surface area contributed by atoms with Crippen molar-refractivity contribution in [3.05, 3.63) is 18.0 Å². The lowest BCUT2D eigenvalue weighted by atomic mass is 10.1. The standard InChI is InChI=1S/C14H22N2O5S/c1-11(21-13-6-4-2-3-5-7-13)14(17)16-22(18,19)10-12-8-9-20-15-12/h8-9,11,13H,2-7,10H2,1H3,(H,16,17). The van der Waals surface area contributed by atoms with E-state index in [0.29, 0.717) is 0 Å². The van der Waals surface area contributed by atoms with Crippen molar-refractivity contribution in [2.45, 2.75) is 63.4 Å². The van der Waals surface area contributed by atoms with Crippen LogP contribution in [0.3, 0.4) is 0 Å². The molecule has 1 aliphatic rings. The van der Waals surface area contributed by atoms with Crippen LogP contribution in [0, 0.1) is 0 Å². The van der Waals surface area contributed by atoms with Crippen LogP contribution in [0.5, 0.6) is 0 Å². The van der Waals surface area contributed by atoms with Gasteiger partial charge in [-0.25, -0.2) is 8.42 Å². The summed E-state index contributed by atoms with van der Waals surface area (Å²) in [4.78, 5) is 12.0. The smallest absolute Gasteiger partial charge is 0.262 e. The van der Waals surface area contributed by atoms with Crippen molar-refractivity contribution in [1.29, 1.82) is 0 Å². The lowest BCUT2D eigenvalue weighted by Gasteiger charge is -2.20. The second-order valence-electron chi connectivity index (χ2n) is 5.61. The van der Waals surface area contributed by atoms with Gasteiger partial charge in [-0.2, -0.15) is 0 Å². The van der Waals surface area contributed by atoms with E-state index >= 15 is 0 Å². The van der Waals surface area contributed by atoms with Crippen LogP contribution in [0.15, 0.2) is 16.9 Å². The molecule has 1 unspecified atom stereocenters. The molecule has 1 aromatic heterocycles. The minimum atomic E-state index is -3.80. The van der Waals surface area contributed by atoms with Gasteiger partial charge < -0.3 is 9.26 Å². The fraction of sp³-hybridized carbons (Fsp3) is 0.714. The van der Waals surface area contributed by atoms with Crippen molar-refractivity contribution in [3.8, 4) is 0 Å². The Morgan fingerprint density at radius 1 is 1.41 bits per heavy atom. The molecule has 1 amide bonds. The molecule has 2 rings (SSSR count). The quantitative estimate of drug-likeness (QED) is 0.798. The molecule has 1 atom stereocenters. The summed E-state index contributed by atoms with van der Waals surface area (Å²) in [5.41, 5.74) is 0.248. The van der Waals surface area contributed by atoms with Crippen molar-refractivity contribution < 1.29 is 22.5 Å². The minimum Gasteiger partial charge on any atom is -0.365 e. The van der Waals surface area contributed by atoms with Crippen molar-refractivity contribution in [2.75, 3.05) is 0 Å². The van der Waals surface area contributed by atoms with Crippen LogP contribution in [0.25, 0.3) is 0 Å². The van der Waals surface area contributed by atoms with E-state index in [0.717, 1.165) is 25.7 Å². The van der Waals surface area contributed by atoms with Gasteiger partial charge in [0.15, 0.2) is 0 Å². The normalized spacial score (nSPS) is 18.6. The van der Waals surface area contributed by atoms with E-state index in [1.165, 1.54) is 25.2 Å². The molecular formula is C14H22N2O5S. The molecule has 0 radical (unpaired) electrons. The van der Waals surface area contributed by atoms with Gasteiger partial charge in [-0.05, 0) is 19.8 Å². The molecule has 0 aromatic carbocycles. The Bertz CT molecular complexity index is 562. The van der Waals surface area contributed by atoms with Crippen LogP contribution in [0.2, 0.25) is 0 Å². The summed E-state index contributed by atoms with van der Waals surface area (Å²) in [6.45, 7) is 1.58. The average molecular weight is 330 g/mol. The summed E-state index contributed by atoms with van der Waals surface area (Å²) in [7, 11) is -3.80. The molecule has 1 heterocycles. The van der Waals surface area contributed by atoms with Crippen molar-refractivity contribution in [3.63, 3.8) is 0 Å². The molecule has 22 heavy (non-hydrogen) atoms. The first kappa shape index (κ1) is 17.0. The van der Waals surface area contributed by atoms with E-state index < -0.39 is 27.8 Å². The zero-order chi connectivity index (χ0) is 16.0. The Morgan fingerprint density at radius 3 is 2.68 bits per heavy atom. The van der Waals surface area contributed by atoms with E-state index in [4.69, 9.17) is 4.74 Å². The maximum Gasteiger partial charge on any atom is 0.262 e. The Hall–Kier alpha value is -1.41. The van der Waals surface area contributed by atoms with Crippen molar-refractivity contribution >= 4 is 15.9 Å². The first-order chi connectivity index (χ1) is 10.5. The third-order valence-corrected chi connectivity index (χ3v) is 4.84. The zero-order valence-electron chi connectivity index (χ0n) is 12.7. The fourth-order valence-electron chi connectivity index (χ4n) is 2.51. The highest BCUT2D eigenvalue weighted by Gasteiger charge is 2.24. The predicted molar refractivity (Wildman–Crippen MR) is 79.3 cm³/mol. The third-order valence-electron chi connectivity index (χ3n) is 3.65. The molecule has 1 aliphatic carbocycles. The van der Waals surface area contributed by atoms with Crippen LogP contribution in [0.4, 0.5) is 0 Å². The van der Waals surface area contributed by atoms with Crippen LogP contribution in [0.1, 0.15) is 51.1 Å². The highest BCUT2D eigenvalue weighted by atomic mass is 32.2. The Morgan fingerprint density at radius 2 is 2.09 bits per heavy atom. The van der Waals surface area contributed by atoms with Gasteiger partial charge in [-0.1, -0.05) is 30.8 Å². The van der Waals surface area contributed by atoms with E-state index in [9.17, 15) is 13.2 Å². The predicted octanol–water partition coefficient (Wildman–Crippen LogP) is 1.75. The highest BCUT2D eigenvalue weighted by molar-refractivity contribution is 7.89. The van der Waals surface area contributed by atoms with Crippen LogP contribution < -0.4 is 4.72 Å². The summed E-state index contributed by atoms with van der Waals surface area (Å²) in [6.07, 6.45) is 6.90. The number of rotatable bonds is 6. The second kappa shape index (κ2) is 7.73. The van der Waals surface area contributed by atoms with Gasteiger partial charge in [-0.15, -0.1) is 0 Å². The SMILES string of the molecule is CC(OC1CCCCCC1)C(=O)NS(=O)(=O)Cc1ccon1. The number of sulfonamides is 1.